The molecule has 0 spiro atoms. The molecule has 1 aliphatic rings. The van der Waals surface area contributed by atoms with Crippen molar-refractivity contribution in [2.24, 2.45) is 5.92 Å². The number of carboxylic acid groups (broad SMARTS) is 1. The number of fused-ring (bicyclic) bond motifs is 1. The van der Waals surface area contributed by atoms with Gasteiger partial charge in [-0.05, 0) is 30.7 Å². The van der Waals surface area contributed by atoms with Crippen LogP contribution in [0.3, 0.4) is 0 Å². The summed E-state index contributed by atoms with van der Waals surface area (Å²) < 4.78 is 5.55. The van der Waals surface area contributed by atoms with Gasteiger partial charge in [-0.3, -0.25) is 4.79 Å². The molecule has 80 valence electrons. The Morgan fingerprint density at radius 3 is 3.07 bits per heavy atom. The highest BCUT2D eigenvalue weighted by Gasteiger charge is 2.31. The van der Waals surface area contributed by atoms with Crippen LogP contribution >= 0.6 is 0 Å². The lowest BCUT2D eigenvalue weighted by molar-refractivity contribution is -0.143. The fraction of sp³-hybridized carbons (Fsp3) is 0.364. The van der Waals surface area contributed by atoms with Crippen LogP contribution in [-0.2, 0) is 11.2 Å². The van der Waals surface area contributed by atoms with Crippen molar-refractivity contribution >= 4 is 11.7 Å². The van der Waals surface area contributed by atoms with E-state index in [1.807, 2.05) is 6.07 Å². The number of anilines is 1. The van der Waals surface area contributed by atoms with Gasteiger partial charge in [-0.25, -0.2) is 0 Å². The van der Waals surface area contributed by atoms with Crippen LogP contribution in [0.2, 0.25) is 0 Å². The molecule has 2 atom stereocenters. The molecule has 4 heteroatoms. The average Bonchev–Trinajstić information content (AvgIpc) is 2.58. The predicted octanol–water partition coefficient (Wildman–Crippen LogP) is 1.29. The fourth-order valence-electron chi connectivity index (χ4n) is 1.73. The molecule has 0 fully saturated rings. The van der Waals surface area contributed by atoms with Gasteiger partial charge < -0.3 is 15.6 Å². The second kappa shape index (κ2) is 3.46. The van der Waals surface area contributed by atoms with E-state index >= 15 is 0 Å². The third kappa shape index (κ3) is 1.75. The Morgan fingerprint density at radius 2 is 2.40 bits per heavy atom. The molecule has 0 amide bonds. The van der Waals surface area contributed by atoms with Crippen LogP contribution < -0.4 is 10.5 Å². The minimum atomic E-state index is -0.833. The first-order chi connectivity index (χ1) is 7.08. The van der Waals surface area contributed by atoms with Gasteiger partial charge in [0.15, 0.2) is 0 Å². The number of nitrogen functional groups attached to an aromatic ring is 1. The third-order valence-electron chi connectivity index (χ3n) is 2.73. The van der Waals surface area contributed by atoms with Gasteiger partial charge in [0.2, 0.25) is 0 Å². The van der Waals surface area contributed by atoms with Crippen molar-refractivity contribution in [1.82, 2.24) is 0 Å². The van der Waals surface area contributed by atoms with Gasteiger partial charge in [0.05, 0.1) is 5.92 Å². The molecule has 15 heavy (non-hydrogen) atoms. The average molecular weight is 207 g/mol. The fourth-order valence-corrected chi connectivity index (χ4v) is 1.73. The largest absolute Gasteiger partial charge is 0.489 e. The van der Waals surface area contributed by atoms with Crippen LogP contribution in [0.5, 0.6) is 5.75 Å². The number of hydrogen-bond donors (Lipinski definition) is 2. The van der Waals surface area contributed by atoms with E-state index in [-0.39, 0.29) is 6.10 Å². The molecule has 2 rings (SSSR count). The van der Waals surface area contributed by atoms with E-state index in [1.165, 1.54) is 0 Å². The van der Waals surface area contributed by atoms with Gasteiger partial charge in [-0.15, -0.1) is 0 Å². The number of hydrogen-bond acceptors (Lipinski definition) is 3. The molecule has 0 bridgehead atoms. The molecule has 1 aromatic rings. The number of aliphatic carboxylic acids is 1. The van der Waals surface area contributed by atoms with E-state index in [0.29, 0.717) is 12.1 Å². The Hall–Kier alpha value is -1.71. The lowest BCUT2D eigenvalue weighted by atomic mass is 10.00. The predicted molar refractivity (Wildman–Crippen MR) is 55.8 cm³/mol. The van der Waals surface area contributed by atoms with Gasteiger partial charge in [0.1, 0.15) is 11.9 Å². The molecule has 0 radical (unpaired) electrons. The highest BCUT2D eigenvalue weighted by Crippen LogP contribution is 2.32. The zero-order valence-corrected chi connectivity index (χ0v) is 8.43. The van der Waals surface area contributed by atoms with Crippen LogP contribution in [0.15, 0.2) is 18.2 Å². The van der Waals surface area contributed by atoms with Crippen LogP contribution in [0.4, 0.5) is 5.69 Å². The van der Waals surface area contributed by atoms with Crippen molar-refractivity contribution in [1.29, 1.82) is 0 Å². The number of ether oxygens (including phenoxy) is 1. The molecule has 4 nitrogen and oxygen atoms in total. The van der Waals surface area contributed by atoms with Gasteiger partial charge >= 0.3 is 5.97 Å². The topological polar surface area (TPSA) is 72.5 Å². The normalized spacial score (nSPS) is 20.5. The molecular formula is C11H13NO3. The first kappa shape index (κ1) is 9.83. The smallest absolute Gasteiger partial charge is 0.309 e. The van der Waals surface area contributed by atoms with Gasteiger partial charge in [-0.1, -0.05) is 0 Å². The number of nitrogens with two attached hydrogens (primary N) is 1. The van der Waals surface area contributed by atoms with E-state index in [2.05, 4.69) is 0 Å². The van der Waals surface area contributed by atoms with E-state index in [1.54, 1.807) is 19.1 Å². The van der Waals surface area contributed by atoms with E-state index in [4.69, 9.17) is 15.6 Å². The van der Waals surface area contributed by atoms with Crippen molar-refractivity contribution in [2.45, 2.75) is 19.4 Å². The third-order valence-corrected chi connectivity index (χ3v) is 2.73. The summed E-state index contributed by atoms with van der Waals surface area (Å²) in [6, 6.07) is 5.38. The zero-order chi connectivity index (χ0) is 11.0. The summed E-state index contributed by atoms with van der Waals surface area (Å²) in [7, 11) is 0. The molecule has 3 N–H and O–H groups in total. The number of rotatable bonds is 2. The number of benzene rings is 1. The molecule has 0 aromatic heterocycles. The molecule has 0 saturated carbocycles. The minimum Gasteiger partial charge on any atom is -0.489 e. The molecule has 1 heterocycles. The molecule has 2 unspecified atom stereocenters. The summed E-state index contributed by atoms with van der Waals surface area (Å²) >= 11 is 0. The Morgan fingerprint density at radius 1 is 1.67 bits per heavy atom. The van der Waals surface area contributed by atoms with E-state index < -0.39 is 11.9 Å². The van der Waals surface area contributed by atoms with E-state index in [9.17, 15) is 4.79 Å². The molecule has 0 aliphatic carbocycles. The Kier molecular flexibility index (Phi) is 2.26. The maximum atomic E-state index is 10.8. The second-order valence-corrected chi connectivity index (χ2v) is 3.85. The Labute approximate surface area is 87.7 Å². The first-order valence-electron chi connectivity index (χ1n) is 4.86. The summed E-state index contributed by atoms with van der Waals surface area (Å²) in [4.78, 5) is 10.8. The van der Waals surface area contributed by atoms with Crippen LogP contribution in [0, 0.1) is 5.92 Å². The summed E-state index contributed by atoms with van der Waals surface area (Å²) in [5.41, 5.74) is 7.32. The molecular weight excluding hydrogens is 194 g/mol. The number of carbonyl (C=O) groups is 1. The SMILES string of the molecule is CC(C(=O)O)C1Cc2cc(N)ccc2O1. The Balaban J connectivity index is 2.19. The molecule has 0 saturated heterocycles. The van der Waals surface area contributed by atoms with Crippen molar-refractivity contribution in [2.75, 3.05) is 5.73 Å². The first-order valence-corrected chi connectivity index (χ1v) is 4.86. The zero-order valence-electron chi connectivity index (χ0n) is 8.43. The van der Waals surface area contributed by atoms with Crippen LogP contribution in [0.25, 0.3) is 0 Å². The van der Waals surface area contributed by atoms with Crippen LogP contribution in [0.1, 0.15) is 12.5 Å². The summed E-state index contributed by atoms with van der Waals surface area (Å²) in [5.74, 6) is -0.582. The summed E-state index contributed by atoms with van der Waals surface area (Å²) in [6.07, 6.45) is 0.340. The molecule has 1 aromatic carbocycles. The monoisotopic (exact) mass is 207 g/mol. The Bertz CT molecular complexity index is 403. The lowest BCUT2D eigenvalue weighted by Crippen LogP contribution is -2.29. The maximum absolute atomic E-state index is 10.8. The second-order valence-electron chi connectivity index (χ2n) is 3.85. The van der Waals surface area contributed by atoms with Crippen molar-refractivity contribution < 1.29 is 14.6 Å². The number of carboxylic acids is 1. The van der Waals surface area contributed by atoms with Gasteiger partial charge in [-0.2, -0.15) is 0 Å². The van der Waals surface area contributed by atoms with Crippen LogP contribution in [-0.4, -0.2) is 17.2 Å². The molecule has 1 aliphatic heterocycles. The summed E-state index contributed by atoms with van der Waals surface area (Å²) in [6.45, 7) is 1.65. The van der Waals surface area contributed by atoms with Gasteiger partial charge in [0.25, 0.3) is 0 Å². The van der Waals surface area contributed by atoms with Gasteiger partial charge in [0, 0.05) is 12.1 Å². The standard InChI is InChI=1S/C11H13NO3/c1-6(11(13)14)10-5-7-4-8(12)2-3-9(7)15-10/h2-4,6,10H,5,12H2,1H3,(H,13,14). The highest BCUT2D eigenvalue weighted by molar-refractivity contribution is 5.70. The van der Waals surface area contributed by atoms with E-state index in [0.717, 1.165) is 11.3 Å². The quantitative estimate of drug-likeness (QED) is 0.717. The van der Waals surface area contributed by atoms with Crippen molar-refractivity contribution in [3.05, 3.63) is 23.8 Å². The minimum absolute atomic E-state index is 0.278. The lowest BCUT2D eigenvalue weighted by Gasteiger charge is -2.14. The van der Waals surface area contributed by atoms with Crippen molar-refractivity contribution in [3.63, 3.8) is 0 Å². The highest BCUT2D eigenvalue weighted by atomic mass is 16.5. The maximum Gasteiger partial charge on any atom is 0.309 e. The van der Waals surface area contributed by atoms with Crippen molar-refractivity contribution in [3.8, 4) is 5.75 Å². The summed E-state index contributed by atoms with van der Waals surface area (Å²) in [5, 5.41) is 8.87.